The predicted octanol–water partition coefficient (Wildman–Crippen LogP) is 1.98. The van der Waals surface area contributed by atoms with Crippen LogP contribution in [0.4, 0.5) is 0 Å². The average molecular weight is 369 g/mol. The van der Waals surface area contributed by atoms with Crippen LogP contribution in [0.25, 0.3) is 0 Å². The Hall–Kier alpha value is -0.0400. The van der Waals surface area contributed by atoms with Crippen LogP contribution < -0.4 is 10.6 Å². The molecule has 0 spiro atoms. The molecule has 0 amide bonds. The third-order valence-electron chi connectivity index (χ3n) is 3.22. The normalized spacial score (nSPS) is 17.3. The van der Waals surface area contributed by atoms with Gasteiger partial charge in [-0.3, -0.25) is 4.99 Å². The minimum atomic E-state index is 0. The monoisotopic (exact) mass is 369 g/mol. The zero-order valence-electron chi connectivity index (χ0n) is 11.8. The Labute approximate surface area is 128 Å². The molecule has 0 radical (unpaired) electrons. The van der Waals surface area contributed by atoms with Gasteiger partial charge in [0, 0.05) is 18.5 Å². The fraction of sp³-hybridized carbons (Fsp3) is 0.923. The molecule has 0 atom stereocenters. The first-order valence-electron chi connectivity index (χ1n) is 6.75. The van der Waals surface area contributed by atoms with Crippen molar-refractivity contribution in [2.24, 2.45) is 16.3 Å². The molecule has 1 aliphatic rings. The van der Waals surface area contributed by atoms with Crippen LogP contribution in [0.15, 0.2) is 4.99 Å². The number of guanidine groups is 1. The van der Waals surface area contributed by atoms with Crippen molar-refractivity contribution in [2.75, 3.05) is 26.2 Å². The Bertz CT molecular complexity index is 253. The van der Waals surface area contributed by atoms with Crippen LogP contribution in [0.1, 0.15) is 40.0 Å². The fourth-order valence-electron chi connectivity index (χ4n) is 1.61. The van der Waals surface area contributed by atoms with Crippen LogP contribution in [0.3, 0.4) is 0 Å². The summed E-state index contributed by atoms with van der Waals surface area (Å²) in [6.45, 7) is 9.34. The van der Waals surface area contributed by atoms with Gasteiger partial charge in [-0.1, -0.05) is 13.8 Å². The van der Waals surface area contributed by atoms with Gasteiger partial charge in [-0.15, -0.1) is 24.0 Å². The quantitative estimate of drug-likeness (QED) is 0.365. The van der Waals surface area contributed by atoms with E-state index in [1.54, 1.807) is 0 Å². The first-order chi connectivity index (χ1) is 8.12. The lowest BCUT2D eigenvalue weighted by Gasteiger charge is -2.14. The van der Waals surface area contributed by atoms with Gasteiger partial charge < -0.3 is 15.7 Å². The van der Waals surface area contributed by atoms with Crippen molar-refractivity contribution < 1.29 is 5.11 Å². The van der Waals surface area contributed by atoms with E-state index in [1.807, 2.05) is 0 Å². The number of aliphatic imine (C=N–C) groups is 1. The Kier molecular flexibility index (Phi) is 8.94. The maximum absolute atomic E-state index is 9.24. The van der Waals surface area contributed by atoms with Gasteiger partial charge >= 0.3 is 0 Å². The summed E-state index contributed by atoms with van der Waals surface area (Å²) >= 11 is 0. The van der Waals surface area contributed by atoms with Gasteiger partial charge in [-0.05, 0) is 32.1 Å². The van der Waals surface area contributed by atoms with Gasteiger partial charge in [0.05, 0.1) is 13.2 Å². The number of aliphatic hydroxyl groups excluding tert-OH is 1. The van der Waals surface area contributed by atoms with E-state index in [0.717, 1.165) is 44.9 Å². The highest BCUT2D eigenvalue weighted by atomic mass is 127. The van der Waals surface area contributed by atoms with Gasteiger partial charge in [0.1, 0.15) is 0 Å². The minimum Gasteiger partial charge on any atom is -0.396 e. The molecule has 108 valence electrons. The van der Waals surface area contributed by atoms with E-state index in [1.165, 1.54) is 0 Å². The van der Waals surface area contributed by atoms with Crippen molar-refractivity contribution in [3.63, 3.8) is 0 Å². The number of hydrogen-bond acceptors (Lipinski definition) is 2. The van der Waals surface area contributed by atoms with Gasteiger partial charge in [0.25, 0.3) is 0 Å². The summed E-state index contributed by atoms with van der Waals surface area (Å²) in [6.07, 6.45) is 3.37. The maximum Gasteiger partial charge on any atom is 0.191 e. The van der Waals surface area contributed by atoms with E-state index in [4.69, 9.17) is 0 Å². The summed E-state index contributed by atoms with van der Waals surface area (Å²) in [5.41, 5.74) is 0.0976. The van der Waals surface area contributed by atoms with E-state index in [2.05, 4.69) is 36.4 Å². The highest BCUT2D eigenvalue weighted by Gasteiger charge is 2.41. The molecular formula is C13H28IN3O. The standard InChI is InChI=1S/C13H27N3O.HI/c1-4-14-12(15-8-5-11(2)3)16-9-13(10-17)6-7-13;/h11,17H,4-10H2,1-3H3,(H2,14,15,16);1H. The third-order valence-corrected chi connectivity index (χ3v) is 3.22. The molecule has 1 aliphatic carbocycles. The van der Waals surface area contributed by atoms with Gasteiger partial charge in [0.15, 0.2) is 5.96 Å². The molecule has 0 saturated heterocycles. The number of rotatable bonds is 7. The van der Waals surface area contributed by atoms with Crippen LogP contribution in [0.2, 0.25) is 0 Å². The number of nitrogens with zero attached hydrogens (tertiary/aromatic N) is 1. The van der Waals surface area contributed by atoms with Crippen molar-refractivity contribution in [2.45, 2.75) is 40.0 Å². The van der Waals surface area contributed by atoms with Crippen LogP contribution in [0.5, 0.6) is 0 Å². The number of nitrogens with one attached hydrogen (secondary N) is 2. The van der Waals surface area contributed by atoms with Gasteiger partial charge in [0.2, 0.25) is 0 Å². The minimum absolute atomic E-state index is 0. The van der Waals surface area contributed by atoms with Crippen molar-refractivity contribution in [3.05, 3.63) is 0 Å². The molecular weight excluding hydrogens is 341 g/mol. The fourth-order valence-corrected chi connectivity index (χ4v) is 1.61. The van der Waals surface area contributed by atoms with Crippen LogP contribution >= 0.6 is 24.0 Å². The van der Waals surface area contributed by atoms with Gasteiger partial charge in [-0.25, -0.2) is 0 Å². The lowest BCUT2D eigenvalue weighted by molar-refractivity contribution is 0.217. The summed E-state index contributed by atoms with van der Waals surface area (Å²) in [5.74, 6) is 1.59. The topological polar surface area (TPSA) is 56.7 Å². The molecule has 5 heteroatoms. The van der Waals surface area contributed by atoms with Crippen molar-refractivity contribution in [3.8, 4) is 0 Å². The van der Waals surface area contributed by atoms with Gasteiger partial charge in [-0.2, -0.15) is 0 Å². The molecule has 0 unspecified atom stereocenters. The first-order valence-corrected chi connectivity index (χ1v) is 6.75. The Morgan fingerprint density at radius 1 is 1.33 bits per heavy atom. The number of hydrogen-bond donors (Lipinski definition) is 3. The highest BCUT2D eigenvalue weighted by Crippen LogP contribution is 2.45. The van der Waals surface area contributed by atoms with Crippen LogP contribution in [-0.2, 0) is 0 Å². The maximum atomic E-state index is 9.24. The van der Waals surface area contributed by atoms with E-state index >= 15 is 0 Å². The largest absolute Gasteiger partial charge is 0.396 e. The zero-order valence-corrected chi connectivity index (χ0v) is 14.2. The lowest BCUT2D eigenvalue weighted by Crippen LogP contribution is -2.38. The summed E-state index contributed by atoms with van der Waals surface area (Å²) in [4.78, 5) is 4.55. The van der Waals surface area contributed by atoms with Crippen LogP contribution in [0, 0.1) is 11.3 Å². The van der Waals surface area contributed by atoms with E-state index in [0.29, 0.717) is 5.92 Å². The Morgan fingerprint density at radius 3 is 2.44 bits per heavy atom. The summed E-state index contributed by atoms with van der Waals surface area (Å²) < 4.78 is 0. The third kappa shape index (κ3) is 6.78. The lowest BCUT2D eigenvalue weighted by atomic mass is 10.1. The molecule has 0 heterocycles. The Balaban J connectivity index is 0.00000289. The van der Waals surface area contributed by atoms with E-state index in [-0.39, 0.29) is 36.0 Å². The van der Waals surface area contributed by atoms with Crippen LogP contribution in [-0.4, -0.2) is 37.3 Å². The number of halogens is 1. The summed E-state index contributed by atoms with van der Waals surface area (Å²) in [7, 11) is 0. The molecule has 0 aromatic carbocycles. The average Bonchev–Trinajstić information content (AvgIpc) is 3.06. The summed E-state index contributed by atoms with van der Waals surface area (Å²) in [5, 5.41) is 15.8. The van der Waals surface area contributed by atoms with Crippen molar-refractivity contribution in [1.82, 2.24) is 10.6 Å². The molecule has 1 saturated carbocycles. The second-order valence-electron chi connectivity index (χ2n) is 5.46. The predicted molar refractivity (Wildman–Crippen MR) is 87.6 cm³/mol. The molecule has 1 rings (SSSR count). The molecule has 0 bridgehead atoms. The van der Waals surface area contributed by atoms with Crippen molar-refractivity contribution >= 4 is 29.9 Å². The molecule has 18 heavy (non-hydrogen) atoms. The molecule has 3 N–H and O–H groups in total. The molecule has 0 aliphatic heterocycles. The summed E-state index contributed by atoms with van der Waals surface area (Å²) in [6, 6.07) is 0. The van der Waals surface area contributed by atoms with Crippen molar-refractivity contribution in [1.29, 1.82) is 0 Å². The Morgan fingerprint density at radius 2 is 2.00 bits per heavy atom. The number of aliphatic hydroxyl groups is 1. The smallest absolute Gasteiger partial charge is 0.191 e. The van der Waals surface area contributed by atoms with E-state index in [9.17, 15) is 5.11 Å². The first kappa shape index (κ1) is 18.0. The molecule has 1 fully saturated rings. The highest BCUT2D eigenvalue weighted by molar-refractivity contribution is 14.0. The second-order valence-corrected chi connectivity index (χ2v) is 5.46. The zero-order chi connectivity index (χ0) is 12.7. The molecule has 4 nitrogen and oxygen atoms in total. The molecule has 0 aromatic rings. The van der Waals surface area contributed by atoms with E-state index < -0.39 is 0 Å². The SMILES string of the molecule is CCNC(=NCC1(CO)CC1)NCCC(C)C.I. The second kappa shape index (κ2) is 8.96. The molecule has 0 aromatic heterocycles.